The second-order valence-electron chi connectivity index (χ2n) is 8.61. The number of ether oxygens (including phenoxy) is 2. The van der Waals surface area contributed by atoms with Gasteiger partial charge >= 0.3 is 0 Å². The Labute approximate surface area is 207 Å². The summed E-state index contributed by atoms with van der Waals surface area (Å²) in [5.74, 6) is -0.299. The summed E-state index contributed by atoms with van der Waals surface area (Å²) in [4.78, 5) is 40.6. The highest BCUT2D eigenvalue weighted by Crippen LogP contribution is 2.26. The Hall–Kier alpha value is -4.37. The molecule has 4 rings (SSSR count). The first kappa shape index (κ1) is 24.7. The molecule has 186 valence electrons. The lowest BCUT2D eigenvalue weighted by molar-refractivity contribution is -0.118. The van der Waals surface area contributed by atoms with Gasteiger partial charge in [-0.3, -0.25) is 14.4 Å². The van der Waals surface area contributed by atoms with Crippen LogP contribution in [0.1, 0.15) is 24.2 Å². The van der Waals surface area contributed by atoms with E-state index in [0.29, 0.717) is 38.8 Å². The predicted molar refractivity (Wildman–Crippen MR) is 141 cm³/mol. The van der Waals surface area contributed by atoms with Crippen molar-refractivity contribution in [3.63, 3.8) is 0 Å². The Bertz CT molecular complexity index is 1500. The molecule has 0 aliphatic rings. The molecule has 4 aromatic rings. The maximum atomic E-state index is 13.3. The third-order valence-corrected chi connectivity index (χ3v) is 5.71. The highest BCUT2D eigenvalue weighted by Gasteiger charge is 2.21. The SMILES string of the molecule is COc1cccc(NC(COC(C)C)C(=O)Nc2ccc3c(=O)[nH]c4c(C(N)=O)cccc4c3c2)c1. The van der Waals surface area contributed by atoms with Crippen molar-refractivity contribution in [3.05, 3.63) is 76.6 Å². The molecule has 1 atom stereocenters. The molecule has 1 aromatic heterocycles. The van der Waals surface area contributed by atoms with Crippen LogP contribution < -0.4 is 26.7 Å². The zero-order chi connectivity index (χ0) is 25.8. The fourth-order valence-electron chi connectivity index (χ4n) is 3.96. The van der Waals surface area contributed by atoms with E-state index in [4.69, 9.17) is 15.2 Å². The maximum absolute atomic E-state index is 13.3. The second kappa shape index (κ2) is 10.5. The predicted octanol–water partition coefficient (Wildman–Crippen LogP) is 3.63. The van der Waals surface area contributed by atoms with Crippen molar-refractivity contribution in [1.82, 2.24) is 4.98 Å². The fraction of sp³-hybridized carbons (Fsp3) is 0.222. The largest absolute Gasteiger partial charge is 0.497 e. The molecule has 3 aromatic carbocycles. The zero-order valence-electron chi connectivity index (χ0n) is 20.3. The number of hydrogen-bond acceptors (Lipinski definition) is 6. The fourth-order valence-corrected chi connectivity index (χ4v) is 3.96. The number of aromatic nitrogens is 1. The van der Waals surface area contributed by atoms with Crippen LogP contribution in [0.3, 0.4) is 0 Å². The molecule has 0 saturated carbocycles. The molecule has 0 fully saturated rings. The number of H-pyrrole nitrogens is 1. The summed E-state index contributed by atoms with van der Waals surface area (Å²) < 4.78 is 11.0. The van der Waals surface area contributed by atoms with Crippen molar-refractivity contribution >= 4 is 44.9 Å². The van der Waals surface area contributed by atoms with Gasteiger partial charge < -0.3 is 30.8 Å². The number of hydrogen-bond donors (Lipinski definition) is 4. The molecular formula is C27H28N4O5. The molecule has 1 heterocycles. The van der Waals surface area contributed by atoms with Gasteiger partial charge in [0, 0.05) is 28.2 Å². The molecule has 0 saturated heterocycles. The molecule has 2 amide bonds. The van der Waals surface area contributed by atoms with E-state index in [1.807, 2.05) is 32.0 Å². The van der Waals surface area contributed by atoms with Gasteiger partial charge in [-0.2, -0.15) is 0 Å². The number of amides is 2. The molecule has 9 heteroatoms. The zero-order valence-corrected chi connectivity index (χ0v) is 20.3. The first-order valence-corrected chi connectivity index (χ1v) is 11.5. The number of carbonyl (C=O) groups is 2. The van der Waals surface area contributed by atoms with Gasteiger partial charge in [0.15, 0.2) is 0 Å². The number of methoxy groups -OCH3 is 1. The molecule has 0 radical (unpaired) electrons. The van der Waals surface area contributed by atoms with E-state index in [1.165, 1.54) is 0 Å². The van der Waals surface area contributed by atoms with Crippen molar-refractivity contribution in [1.29, 1.82) is 0 Å². The van der Waals surface area contributed by atoms with Gasteiger partial charge in [0.05, 0.1) is 30.9 Å². The van der Waals surface area contributed by atoms with Crippen molar-refractivity contribution < 1.29 is 19.1 Å². The Morgan fingerprint density at radius 2 is 1.75 bits per heavy atom. The van der Waals surface area contributed by atoms with E-state index in [2.05, 4.69) is 15.6 Å². The smallest absolute Gasteiger partial charge is 0.256 e. The number of fused-ring (bicyclic) bond motifs is 3. The van der Waals surface area contributed by atoms with Crippen LogP contribution in [0, 0.1) is 0 Å². The third-order valence-electron chi connectivity index (χ3n) is 5.71. The van der Waals surface area contributed by atoms with E-state index < -0.39 is 11.9 Å². The summed E-state index contributed by atoms with van der Waals surface area (Å²) in [6.07, 6.45) is -0.0642. The van der Waals surface area contributed by atoms with Crippen LogP contribution in [0.2, 0.25) is 0 Å². The van der Waals surface area contributed by atoms with Gasteiger partial charge in [-0.1, -0.05) is 18.2 Å². The Morgan fingerprint density at radius 3 is 2.47 bits per heavy atom. The summed E-state index contributed by atoms with van der Waals surface area (Å²) in [6.45, 7) is 3.93. The molecule has 0 aliphatic heterocycles. The molecule has 0 bridgehead atoms. The lowest BCUT2D eigenvalue weighted by Gasteiger charge is -2.21. The molecular weight excluding hydrogens is 460 g/mol. The quantitative estimate of drug-likeness (QED) is 0.266. The first-order valence-electron chi connectivity index (χ1n) is 11.5. The minimum Gasteiger partial charge on any atom is -0.497 e. The van der Waals surface area contributed by atoms with Gasteiger partial charge in [-0.25, -0.2) is 0 Å². The maximum Gasteiger partial charge on any atom is 0.256 e. The summed E-state index contributed by atoms with van der Waals surface area (Å²) in [5, 5.41) is 7.77. The number of primary amides is 1. The molecule has 0 aliphatic carbocycles. The van der Waals surface area contributed by atoms with Gasteiger partial charge in [0.2, 0.25) is 5.91 Å². The lowest BCUT2D eigenvalue weighted by atomic mass is 10.0. The molecule has 5 N–H and O–H groups in total. The molecule has 0 spiro atoms. The molecule has 9 nitrogen and oxygen atoms in total. The third kappa shape index (κ3) is 5.31. The number of nitrogens with one attached hydrogen (secondary N) is 3. The number of carbonyl (C=O) groups excluding carboxylic acids is 2. The number of rotatable bonds is 9. The molecule has 36 heavy (non-hydrogen) atoms. The van der Waals surface area contributed by atoms with Gasteiger partial charge in [-0.15, -0.1) is 0 Å². The van der Waals surface area contributed by atoms with Crippen LogP contribution in [-0.2, 0) is 9.53 Å². The number of pyridine rings is 1. The van der Waals surface area contributed by atoms with E-state index in [9.17, 15) is 14.4 Å². The Morgan fingerprint density at radius 1 is 0.972 bits per heavy atom. The number of anilines is 2. The van der Waals surface area contributed by atoms with Crippen molar-refractivity contribution in [2.75, 3.05) is 24.4 Å². The first-order chi connectivity index (χ1) is 17.3. The standard InChI is InChI=1S/C27H28N4O5/c1-15(2)36-14-23(29-16-6-4-7-18(12-16)35-3)27(34)30-17-10-11-20-22(13-17)19-8-5-9-21(25(28)32)24(19)31-26(20)33/h4-13,15,23,29H,14H2,1-3H3,(H2,28,32)(H,30,34)(H,31,33). The summed E-state index contributed by atoms with van der Waals surface area (Å²) in [6, 6.07) is 16.6. The topological polar surface area (TPSA) is 136 Å². The van der Waals surface area contributed by atoms with E-state index in [-0.39, 0.29) is 29.7 Å². The van der Waals surface area contributed by atoms with Crippen molar-refractivity contribution in [2.45, 2.75) is 26.0 Å². The van der Waals surface area contributed by atoms with Crippen molar-refractivity contribution in [2.24, 2.45) is 5.73 Å². The average molecular weight is 489 g/mol. The summed E-state index contributed by atoms with van der Waals surface area (Å²) >= 11 is 0. The van der Waals surface area contributed by atoms with Crippen molar-refractivity contribution in [3.8, 4) is 5.75 Å². The van der Waals surface area contributed by atoms with Crippen LogP contribution in [0.25, 0.3) is 21.7 Å². The van der Waals surface area contributed by atoms with Gasteiger partial charge in [0.25, 0.3) is 11.5 Å². The second-order valence-corrected chi connectivity index (χ2v) is 8.61. The summed E-state index contributed by atoms with van der Waals surface area (Å²) in [5.41, 5.74) is 6.90. The number of para-hydroxylation sites is 1. The normalized spacial score (nSPS) is 12.0. The Balaban J connectivity index is 1.67. The average Bonchev–Trinajstić information content (AvgIpc) is 2.86. The van der Waals surface area contributed by atoms with E-state index in [1.54, 1.807) is 49.6 Å². The van der Waals surface area contributed by atoms with E-state index >= 15 is 0 Å². The lowest BCUT2D eigenvalue weighted by Crippen LogP contribution is -2.39. The highest BCUT2D eigenvalue weighted by molar-refractivity contribution is 6.13. The van der Waals surface area contributed by atoms with Gasteiger partial charge in [0.1, 0.15) is 11.8 Å². The minimum absolute atomic E-state index is 0.0642. The van der Waals surface area contributed by atoms with Crippen LogP contribution in [0.5, 0.6) is 5.75 Å². The number of nitrogens with two attached hydrogens (primary N) is 1. The highest BCUT2D eigenvalue weighted by atomic mass is 16.5. The Kier molecular flexibility index (Phi) is 7.21. The summed E-state index contributed by atoms with van der Waals surface area (Å²) in [7, 11) is 1.58. The number of benzene rings is 3. The van der Waals surface area contributed by atoms with E-state index in [0.717, 1.165) is 0 Å². The minimum atomic E-state index is -0.701. The van der Waals surface area contributed by atoms with Crippen LogP contribution in [0.15, 0.2) is 65.5 Å². The monoisotopic (exact) mass is 488 g/mol. The van der Waals surface area contributed by atoms with Crippen LogP contribution >= 0.6 is 0 Å². The number of aromatic amines is 1. The van der Waals surface area contributed by atoms with Crippen LogP contribution in [-0.4, -0.2) is 42.7 Å². The molecule has 1 unspecified atom stereocenters. The van der Waals surface area contributed by atoms with Gasteiger partial charge in [-0.05, 0) is 55.6 Å². The van der Waals surface area contributed by atoms with Crippen LogP contribution in [0.4, 0.5) is 11.4 Å².